The van der Waals surface area contributed by atoms with Crippen LogP contribution in [0.4, 0.5) is 0 Å². The van der Waals surface area contributed by atoms with Crippen LogP contribution in [-0.4, -0.2) is 26.4 Å². The number of methoxy groups -OCH3 is 1. The van der Waals surface area contributed by atoms with Gasteiger partial charge in [-0.1, -0.05) is 28.9 Å². The summed E-state index contributed by atoms with van der Waals surface area (Å²) in [7, 11) is 1.70. The fraction of sp³-hybridized carbons (Fsp3) is 0.600. The van der Waals surface area contributed by atoms with E-state index in [0.717, 1.165) is 41.8 Å². The molecule has 0 heterocycles. The molecule has 1 aromatic rings. The highest BCUT2D eigenvalue weighted by Gasteiger charge is 2.09. The zero-order chi connectivity index (χ0) is 14.1. The molecule has 1 aromatic carbocycles. The van der Waals surface area contributed by atoms with Gasteiger partial charge in [-0.05, 0) is 19.4 Å². The van der Waals surface area contributed by atoms with Gasteiger partial charge < -0.3 is 14.2 Å². The number of alkyl halides is 1. The minimum absolute atomic E-state index is 0.124. The van der Waals surface area contributed by atoms with Gasteiger partial charge >= 0.3 is 0 Å². The number of rotatable bonds is 9. The van der Waals surface area contributed by atoms with E-state index in [-0.39, 0.29) is 6.10 Å². The lowest BCUT2D eigenvalue weighted by Gasteiger charge is -2.17. The Morgan fingerprint density at radius 3 is 2.68 bits per heavy atom. The van der Waals surface area contributed by atoms with Gasteiger partial charge in [-0.3, -0.25) is 0 Å². The maximum atomic E-state index is 5.97. The van der Waals surface area contributed by atoms with Gasteiger partial charge in [0.05, 0.1) is 12.7 Å². The minimum atomic E-state index is 0.124. The van der Waals surface area contributed by atoms with Crippen molar-refractivity contribution in [2.75, 3.05) is 20.3 Å². The lowest BCUT2D eigenvalue weighted by molar-refractivity contribution is 0.134. The second-order valence-electron chi connectivity index (χ2n) is 4.46. The van der Waals surface area contributed by atoms with Crippen molar-refractivity contribution in [3.05, 3.63) is 23.8 Å². The van der Waals surface area contributed by atoms with E-state index in [4.69, 9.17) is 14.2 Å². The van der Waals surface area contributed by atoms with E-state index in [9.17, 15) is 0 Å². The van der Waals surface area contributed by atoms with Crippen LogP contribution < -0.4 is 9.47 Å². The van der Waals surface area contributed by atoms with Gasteiger partial charge in [0, 0.05) is 37.1 Å². The highest BCUT2D eigenvalue weighted by molar-refractivity contribution is 9.08. The number of hydrogen-bond acceptors (Lipinski definition) is 3. The molecule has 0 spiro atoms. The first-order chi connectivity index (χ1) is 9.21. The minimum Gasteiger partial charge on any atom is -0.493 e. The molecule has 0 fully saturated rings. The molecule has 0 saturated carbocycles. The summed E-state index contributed by atoms with van der Waals surface area (Å²) in [5.74, 6) is 1.74. The molecule has 108 valence electrons. The molecular formula is C15H23BrO3. The van der Waals surface area contributed by atoms with Crippen LogP contribution in [0.25, 0.3) is 0 Å². The van der Waals surface area contributed by atoms with Gasteiger partial charge in [-0.15, -0.1) is 0 Å². The summed E-state index contributed by atoms with van der Waals surface area (Å²) in [6.07, 6.45) is 2.00. The molecular weight excluding hydrogens is 308 g/mol. The molecule has 4 heteroatoms. The second kappa shape index (κ2) is 9.21. The van der Waals surface area contributed by atoms with Gasteiger partial charge in [0.15, 0.2) is 0 Å². The molecule has 0 N–H and O–H groups in total. The van der Waals surface area contributed by atoms with Crippen molar-refractivity contribution < 1.29 is 14.2 Å². The number of ether oxygens (including phenoxy) is 3. The third kappa shape index (κ3) is 5.83. The standard InChI is InChI=1S/C15H23BrO3/c1-4-8-18-14-6-5-13(11-16)15(10-14)19-12(2)7-9-17-3/h5-6,10,12H,4,7-9,11H2,1-3H3. The predicted molar refractivity (Wildman–Crippen MR) is 81.4 cm³/mol. The summed E-state index contributed by atoms with van der Waals surface area (Å²) in [6, 6.07) is 5.99. The van der Waals surface area contributed by atoms with Crippen LogP contribution in [-0.2, 0) is 10.1 Å². The van der Waals surface area contributed by atoms with Crippen molar-refractivity contribution in [1.82, 2.24) is 0 Å². The Kier molecular flexibility index (Phi) is 7.91. The predicted octanol–water partition coefficient (Wildman–Crippen LogP) is 4.17. The fourth-order valence-electron chi connectivity index (χ4n) is 1.62. The van der Waals surface area contributed by atoms with Crippen LogP contribution in [0.5, 0.6) is 11.5 Å². The Hall–Kier alpha value is -0.740. The zero-order valence-corrected chi connectivity index (χ0v) is 13.5. The topological polar surface area (TPSA) is 27.7 Å². The van der Waals surface area contributed by atoms with E-state index in [1.165, 1.54) is 0 Å². The van der Waals surface area contributed by atoms with E-state index < -0.39 is 0 Å². The summed E-state index contributed by atoms with van der Waals surface area (Å²) >= 11 is 3.48. The molecule has 1 unspecified atom stereocenters. The quantitative estimate of drug-likeness (QED) is 0.636. The third-order valence-electron chi connectivity index (χ3n) is 2.71. The molecule has 0 radical (unpaired) electrons. The Morgan fingerprint density at radius 2 is 2.05 bits per heavy atom. The molecule has 1 atom stereocenters. The molecule has 0 aliphatic carbocycles. The molecule has 19 heavy (non-hydrogen) atoms. The molecule has 0 bridgehead atoms. The molecule has 1 rings (SSSR count). The van der Waals surface area contributed by atoms with E-state index in [2.05, 4.69) is 29.8 Å². The molecule has 3 nitrogen and oxygen atoms in total. The van der Waals surface area contributed by atoms with Crippen molar-refractivity contribution in [3.8, 4) is 11.5 Å². The average Bonchev–Trinajstić information content (AvgIpc) is 2.43. The lowest BCUT2D eigenvalue weighted by atomic mass is 10.2. The van der Waals surface area contributed by atoms with Crippen molar-refractivity contribution in [2.24, 2.45) is 0 Å². The first-order valence-electron chi connectivity index (χ1n) is 6.68. The van der Waals surface area contributed by atoms with E-state index >= 15 is 0 Å². The van der Waals surface area contributed by atoms with Gasteiger partial charge in [0.2, 0.25) is 0 Å². The van der Waals surface area contributed by atoms with Crippen molar-refractivity contribution >= 4 is 15.9 Å². The first kappa shape index (κ1) is 16.3. The highest BCUT2D eigenvalue weighted by Crippen LogP contribution is 2.28. The molecule has 0 aliphatic heterocycles. The van der Waals surface area contributed by atoms with Crippen LogP contribution in [0.3, 0.4) is 0 Å². The number of benzene rings is 1. The lowest BCUT2D eigenvalue weighted by Crippen LogP contribution is -2.15. The largest absolute Gasteiger partial charge is 0.493 e. The Morgan fingerprint density at radius 1 is 1.26 bits per heavy atom. The van der Waals surface area contributed by atoms with Gasteiger partial charge in [0.1, 0.15) is 11.5 Å². The Bertz CT molecular complexity index is 368. The smallest absolute Gasteiger partial charge is 0.127 e. The summed E-state index contributed by atoms with van der Waals surface area (Å²) in [6.45, 7) is 5.58. The van der Waals surface area contributed by atoms with Gasteiger partial charge in [-0.25, -0.2) is 0 Å². The van der Waals surface area contributed by atoms with Crippen LogP contribution in [0.1, 0.15) is 32.3 Å². The van der Waals surface area contributed by atoms with Gasteiger partial charge in [0.25, 0.3) is 0 Å². The number of halogens is 1. The second-order valence-corrected chi connectivity index (χ2v) is 5.02. The van der Waals surface area contributed by atoms with E-state index in [1.807, 2.05) is 18.2 Å². The molecule has 0 aromatic heterocycles. The molecule has 0 saturated heterocycles. The van der Waals surface area contributed by atoms with E-state index in [0.29, 0.717) is 6.61 Å². The maximum Gasteiger partial charge on any atom is 0.127 e. The maximum absolute atomic E-state index is 5.97. The van der Waals surface area contributed by atoms with E-state index in [1.54, 1.807) is 7.11 Å². The zero-order valence-electron chi connectivity index (χ0n) is 11.9. The summed E-state index contributed by atoms with van der Waals surface area (Å²) in [4.78, 5) is 0. The van der Waals surface area contributed by atoms with Crippen LogP contribution in [0, 0.1) is 0 Å². The van der Waals surface area contributed by atoms with Gasteiger partial charge in [-0.2, -0.15) is 0 Å². The average molecular weight is 331 g/mol. The Labute approximate surface area is 124 Å². The molecule has 0 amide bonds. The number of hydrogen-bond donors (Lipinski definition) is 0. The SMILES string of the molecule is CCCOc1ccc(CBr)c(OC(C)CCOC)c1. The third-order valence-corrected chi connectivity index (χ3v) is 3.32. The highest BCUT2D eigenvalue weighted by atomic mass is 79.9. The fourth-order valence-corrected chi connectivity index (χ4v) is 2.09. The first-order valence-corrected chi connectivity index (χ1v) is 7.80. The van der Waals surface area contributed by atoms with Crippen molar-refractivity contribution in [1.29, 1.82) is 0 Å². The van der Waals surface area contributed by atoms with Crippen LogP contribution in [0.15, 0.2) is 18.2 Å². The monoisotopic (exact) mass is 330 g/mol. The van der Waals surface area contributed by atoms with Crippen LogP contribution >= 0.6 is 15.9 Å². The Balaban J connectivity index is 2.71. The normalized spacial score (nSPS) is 12.2. The summed E-state index contributed by atoms with van der Waals surface area (Å²) < 4.78 is 16.7. The van der Waals surface area contributed by atoms with Crippen molar-refractivity contribution in [2.45, 2.75) is 38.1 Å². The summed E-state index contributed by atoms with van der Waals surface area (Å²) in [5, 5.41) is 0.771. The van der Waals surface area contributed by atoms with Crippen molar-refractivity contribution in [3.63, 3.8) is 0 Å². The van der Waals surface area contributed by atoms with Crippen LogP contribution in [0.2, 0.25) is 0 Å². The summed E-state index contributed by atoms with van der Waals surface area (Å²) in [5.41, 5.74) is 1.13. The molecule has 0 aliphatic rings.